The van der Waals surface area contributed by atoms with Crippen LogP contribution in [0.15, 0.2) is 47.1 Å². The summed E-state index contributed by atoms with van der Waals surface area (Å²) in [6.07, 6.45) is 2.61. The molecular formula is C19H16BrN5O3. The van der Waals surface area contributed by atoms with Gasteiger partial charge in [-0.2, -0.15) is 0 Å². The van der Waals surface area contributed by atoms with Crippen LogP contribution in [0.25, 0.3) is 5.69 Å². The van der Waals surface area contributed by atoms with Crippen molar-refractivity contribution in [1.29, 1.82) is 0 Å². The summed E-state index contributed by atoms with van der Waals surface area (Å²) in [4.78, 5) is 22.5. The predicted octanol–water partition coefficient (Wildman–Crippen LogP) is 2.56. The van der Waals surface area contributed by atoms with Crippen molar-refractivity contribution in [3.63, 3.8) is 0 Å². The van der Waals surface area contributed by atoms with Gasteiger partial charge >= 0.3 is 5.97 Å². The summed E-state index contributed by atoms with van der Waals surface area (Å²) in [7, 11) is 0. The Bertz CT molecular complexity index is 1070. The van der Waals surface area contributed by atoms with Gasteiger partial charge in [0.1, 0.15) is 5.82 Å². The van der Waals surface area contributed by atoms with Gasteiger partial charge in [0.25, 0.3) is 5.82 Å². The summed E-state index contributed by atoms with van der Waals surface area (Å²) in [6, 6.07) is 11.5. The third-order valence-electron chi connectivity index (χ3n) is 5.09. The summed E-state index contributed by atoms with van der Waals surface area (Å²) in [5, 5.41) is 13.6. The van der Waals surface area contributed by atoms with Gasteiger partial charge in [-0.25, -0.2) is 14.5 Å². The van der Waals surface area contributed by atoms with E-state index in [1.807, 2.05) is 36.4 Å². The minimum Gasteiger partial charge on any atom is -0.475 e. The topological polar surface area (TPSA) is 93.4 Å². The number of aromatic carboxylic acids is 1. The maximum atomic E-state index is 11.4. The molecule has 1 N–H and O–H groups in total. The Morgan fingerprint density at radius 1 is 1.29 bits per heavy atom. The van der Waals surface area contributed by atoms with Gasteiger partial charge in [-0.05, 0) is 36.8 Å². The fourth-order valence-corrected chi connectivity index (χ4v) is 4.33. The second kappa shape index (κ2) is 6.47. The zero-order valence-electron chi connectivity index (χ0n) is 14.7. The van der Waals surface area contributed by atoms with E-state index in [-0.39, 0.29) is 5.82 Å². The smallest absolute Gasteiger partial charge is 0.375 e. The fraction of sp³-hybridized carbons (Fsp3) is 0.263. The second-order valence-electron chi connectivity index (χ2n) is 6.71. The molecule has 28 heavy (non-hydrogen) atoms. The Balaban J connectivity index is 1.83. The van der Waals surface area contributed by atoms with E-state index >= 15 is 0 Å². The molecule has 2 aliphatic heterocycles. The van der Waals surface area contributed by atoms with Crippen LogP contribution >= 0.6 is 15.9 Å². The monoisotopic (exact) mass is 441 g/mol. The molecule has 4 heterocycles. The number of hydrogen-bond acceptors (Lipinski definition) is 6. The Hall–Kier alpha value is -2.62. The lowest BCUT2D eigenvalue weighted by atomic mass is 9.93. The first-order valence-electron chi connectivity index (χ1n) is 8.90. The van der Waals surface area contributed by atoms with Gasteiger partial charge in [-0.15, -0.1) is 5.10 Å². The Morgan fingerprint density at radius 3 is 2.96 bits per heavy atom. The van der Waals surface area contributed by atoms with E-state index in [2.05, 4.69) is 35.9 Å². The third kappa shape index (κ3) is 2.50. The minimum absolute atomic E-state index is 0.216. The molecule has 0 radical (unpaired) electrons. The molecular weight excluding hydrogens is 426 g/mol. The van der Waals surface area contributed by atoms with Gasteiger partial charge in [0, 0.05) is 22.8 Å². The van der Waals surface area contributed by atoms with Gasteiger partial charge in [-0.3, -0.25) is 9.88 Å². The molecule has 2 aromatic heterocycles. The number of halogens is 1. The summed E-state index contributed by atoms with van der Waals surface area (Å²) < 4.78 is 8.95. The number of hydrogen-bond donors (Lipinski definition) is 1. The van der Waals surface area contributed by atoms with Crippen molar-refractivity contribution in [2.24, 2.45) is 0 Å². The SMILES string of the molecule is O=C(O)c1nc2n(n1)-c1ccc(Br)cc1C1(c3ccccn3)OCCCN1C2. The van der Waals surface area contributed by atoms with Gasteiger partial charge in [0.2, 0.25) is 0 Å². The summed E-state index contributed by atoms with van der Waals surface area (Å²) in [5.41, 5.74) is 1.46. The zero-order chi connectivity index (χ0) is 19.3. The van der Waals surface area contributed by atoms with Gasteiger partial charge in [0.15, 0.2) is 5.72 Å². The number of pyridine rings is 1. The largest absolute Gasteiger partial charge is 0.475 e. The highest BCUT2D eigenvalue weighted by Gasteiger charge is 2.49. The van der Waals surface area contributed by atoms with E-state index in [0.717, 1.165) is 34.4 Å². The summed E-state index contributed by atoms with van der Waals surface area (Å²) >= 11 is 3.56. The van der Waals surface area contributed by atoms with Crippen LogP contribution in [0, 0.1) is 0 Å². The van der Waals surface area contributed by atoms with Crippen molar-refractivity contribution in [2.45, 2.75) is 18.7 Å². The highest BCUT2D eigenvalue weighted by Crippen LogP contribution is 2.45. The molecule has 2 aliphatic rings. The lowest BCUT2D eigenvalue weighted by Crippen LogP contribution is -2.52. The molecule has 3 aromatic rings. The molecule has 0 aliphatic carbocycles. The number of carbonyl (C=O) groups is 1. The van der Waals surface area contributed by atoms with Crippen LogP contribution in [0.5, 0.6) is 0 Å². The number of nitrogens with zero attached hydrogens (tertiary/aromatic N) is 5. The van der Waals surface area contributed by atoms with Crippen LogP contribution in [0.1, 0.15) is 34.1 Å². The van der Waals surface area contributed by atoms with E-state index in [1.165, 1.54) is 0 Å². The van der Waals surface area contributed by atoms with Crippen LogP contribution in [-0.2, 0) is 17.0 Å². The quantitative estimate of drug-likeness (QED) is 0.652. The molecule has 1 atom stereocenters. The lowest BCUT2D eigenvalue weighted by Gasteiger charge is -2.45. The number of aromatic nitrogens is 4. The second-order valence-corrected chi connectivity index (χ2v) is 7.63. The third-order valence-corrected chi connectivity index (χ3v) is 5.58. The molecule has 1 unspecified atom stereocenters. The Labute approximate surface area is 168 Å². The minimum atomic E-state index is -1.15. The number of ether oxygens (including phenoxy) is 1. The molecule has 0 bridgehead atoms. The van der Waals surface area contributed by atoms with E-state index in [1.54, 1.807) is 10.9 Å². The normalized spacial score (nSPS) is 21.3. The Kier molecular flexibility index (Phi) is 4.04. The molecule has 0 spiro atoms. The van der Waals surface area contributed by atoms with Crippen molar-refractivity contribution in [3.8, 4) is 5.69 Å². The number of benzene rings is 1. The van der Waals surface area contributed by atoms with Crippen LogP contribution in [-0.4, -0.2) is 48.9 Å². The summed E-state index contributed by atoms with van der Waals surface area (Å²) in [5.74, 6) is -0.804. The highest BCUT2D eigenvalue weighted by atomic mass is 79.9. The Morgan fingerprint density at radius 2 is 2.18 bits per heavy atom. The standard InChI is InChI=1S/C19H16BrN5O3/c20-12-5-6-14-13(10-12)19(15-4-1-2-7-21-15)24(8-3-9-28-19)11-16-22-17(18(26)27)23-25(14)16/h1-2,4-7,10H,3,8-9,11H2,(H,26,27). The van der Waals surface area contributed by atoms with E-state index < -0.39 is 11.7 Å². The molecule has 1 aromatic carbocycles. The van der Waals surface area contributed by atoms with Crippen LogP contribution in [0.3, 0.4) is 0 Å². The van der Waals surface area contributed by atoms with Crippen LogP contribution < -0.4 is 0 Å². The zero-order valence-corrected chi connectivity index (χ0v) is 16.3. The molecule has 142 valence electrons. The van der Waals surface area contributed by atoms with Crippen molar-refractivity contribution in [3.05, 3.63) is 70.0 Å². The number of rotatable bonds is 2. The maximum Gasteiger partial charge on any atom is 0.375 e. The fourth-order valence-electron chi connectivity index (χ4n) is 3.96. The number of fused-ring (bicyclic) bond motifs is 5. The van der Waals surface area contributed by atoms with E-state index in [4.69, 9.17) is 4.74 Å². The highest BCUT2D eigenvalue weighted by molar-refractivity contribution is 9.10. The molecule has 0 saturated carbocycles. The maximum absolute atomic E-state index is 11.4. The van der Waals surface area contributed by atoms with Crippen LogP contribution in [0.2, 0.25) is 0 Å². The first-order chi connectivity index (χ1) is 13.6. The average molecular weight is 442 g/mol. The van der Waals surface area contributed by atoms with Crippen molar-refractivity contribution in [1.82, 2.24) is 24.6 Å². The first-order valence-corrected chi connectivity index (χ1v) is 9.69. The lowest BCUT2D eigenvalue weighted by molar-refractivity contribution is -0.171. The predicted molar refractivity (Wildman–Crippen MR) is 102 cm³/mol. The summed E-state index contributed by atoms with van der Waals surface area (Å²) in [6.45, 7) is 1.75. The molecule has 5 rings (SSSR count). The van der Waals surface area contributed by atoms with Gasteiger partial charge in [-0.1, -0.05) is 22.0 Å². The van der Waals surface area contributed by atoms with Crippen LogP contribution in [0.4, 0.5) is 0 Å². The molecule has 9 heteroatoms. The van der Waals surface area contributed by atoms with Crippen molar-refractivity contribution in [2.75, 3.05) is 13.2 Å². The van der Waals surface area contributed by atoms with Gasteiger partial charge < -0.3 is 9.84 Å². The average Bonchev–Trinajstić information content (AvgIpc) is 3.09. The van der Waals surface area contributed by atoms with Crippen molar-refractivity contribution >= 4 is 21.9 Å². The number of carboxylic acid groups (broad SMARTS) is 1. The van der Waals surface area contributed by atoms with E-state index in [9.17, 15) is 9.90 Å². The first kappa shape index (κ1) is 17.5. The molecule has 1 fully saturated rings. The van der Waals surface area contributed by atoms with Crippen molar-refractivity contribution < 1.29 is 14.6 Å². The molecule has 1 saturated heterocycles. The molecule has 0 amide bonds. The van der Waals surface area contributed by atoms with E-state index in [0.29, 0.717) is 19.0 Å². The molecule has 8 nitrogen and oxygen atoms in total. The van der Waals surface area contributed by atoms with Gasteiger partial charge in [0.05, 0.1) is 24.5 Å². The number of carboxylic acids is 1.